The van der Waals surface area contributed by atoms with Gasteiger partial charge in [-0.3, -0.25) is 4.79 Å². The highest BCUT2D eigenvalue weighted by Gasteiger charge is 2.19. The normalized spacial score (nSPS) is 10.8. The van der Waals surface area contributed by atoms with Crippen molar-refractivity contribution in [2.75, 3.05) is 5.32 Å². The van der Waals surface area contributed by atoms with Crippen molar-refractivity contribution in [1.82, 2.24) is 9.78 Å². The molecule has 0 aliphatic rings. The number of carbonyl (C=O) groups excluding carboxylic acids is 1. The highest BCUT2D eigenvalue weighted by molar-refractivity contribution is 7.13. The lowest BCUT2D eigenvalue weighted by atomic mass is 10.0. The van der Waals surface area contributed by atoms with Crippen LogP contribution in [0.1, 0.15) is 27.2 Å². The van der Waals surface area contributed by atoms with E-state index < -0.39 is 0 Å². The van der Waals surface area contributed by atoms with Crippen LogP contribution in [0.25, 0.3) is 16.3 Å². The topological polar surface area (TPSA) is 46.9 Å². The summed E-state index contributed by atoms with van der Waals surface area (Å²) in [5.41, 5.74) is 6.30. The van der Waals surface area contributed by atoms with Crippen LogP contribution in [-0.4, -0.2) is 15.7 Å². The van der Waals surface area contributed by atoms with E-state index in [1.165, 1.54) is 5.56 Å². The highest BCUT2D eigenvalue weighted by Crippen LogP contribution is 2.27. The number of nitrogens with zero attached hydrogens (tertiary/aromatic N) is 2. The number of hydrogen-bond donors (Lipinski definition) is 1. The van der Waals surface area contributed by atoms with Crippen LogP contribution in [0.5, 0.6) is 0 Å². The van der Waals surface area contributed by atoms with Gasteiger partial charge in [0.1, 0.15) is 11.4 Å². The summed E-state index contributed by atoms with van der Waals surface area (Å²) in [5, 5.41) is 9.81. The number of carbonyl (C=O) groups is 1. The van der Waals surface area contributed by atoms with Crippen LogP contribution in [0.4, 0.5) is 5.69 Å². The molecule has 0 atom stereocenters. The lowest BCUT2D eigenvalue weighted by molar-refractivity contribution is 0.101. The molecule has 0 aliphatic heterocycles. The van der Waals surface area contributed by atoms with Gasteiger partial charge in [0.2, 0.25) is 0 Å². The van der Waals surface area contributed by atoms with E-state index in [1.807, 2.05) is 67.8 Å². The minimum Gasteiger partial charge on any atom is -0.320 e. The Hall–Kier alpha value is -3.18. The molecule has 0 radical (unpaired) electrons. The van der Waals surface area contributed by atoms with Gasteiger partial charge in [-0.2, -0.15) is 5.10 Å². The van der Waals surface area contributed by atoms with Gasteiger partial charge in [-0.15, -0.1) is 11.3 Å². The Kier molecular flexibility index (Phi) is 4.84. The molecule has 140 valence electrons. The lowest BCUT2D eigenvalue weighted by Gasteiger charge is -2.13. The molecule has 2 heterocycles. The summed E-state index contributed by atoms with van der Waals surface area (Å²) in [7, 11) is 0. The highest BCUT2D eigenvalue weighted by atomic mass is 32.1. The lowest BCUT2D eigenvalue weighted by Crippen LogP contribution is -2.18. The van der Waals surface area contributed by atoms with E-state index in [0.29, 0.717) is 5.69 Å². The summed E-state index contributed by atoms with van der Waals surface area (Å²) < 4.78 is 1.71. The second kappa shape index (κ2) is 7.44. The average molecular weight is 388 g/mol. The fourth-order valence-corrected chi connectivity index (χ4v) is 4.09. The van der Waals surface area contributed by atoms with E-state index in [1.54, 1.807) is 16.0 Å². The first kappa shape index (κ1) is 18.2. The maximum absolute atomic E-state index is 13.2. The van der Waals surface area contributed by atoms with Crippen molar-refractivity contribution in [2.45, 2.75) is 20.8 Å². The first-order valence-corrected chi connectivity index (χ1v) is 9.99. The standard InChI is InChI=1S/C23H21N3OS/c1-15-12-16(2)22(17(3)13-15)24-23(27)20-14-19(21-10-7-11-28-21)25-26(20)18-8-5-4-6-9-18/h4-14H,1-3H3,(H,24,27). The molecule has 0 bridgehead atoms. The van der Waals surface area contributed by atoms with E-state index in [0.717, 1.165) is 33.1 Å². The Morgan fingerprint density at radius 3 is 2.32 bits per heavy atom. The van der Waals surface area contributed by atoms with Gasteiger partial charge in [0, 0.05) is 5.69 Å². The minimum absolute atomic E-state index is 0.172. The number of thiophene rings is 1. The molecule has 0 unspecified atom stereocenters. The van der Waals surface area contributed by atoms with Gasteiger partial charge < -0.3 is 5.32 Å². The Bertz CT molecular complexity index is 1110. The van der Waals surface area contributed by atoms with Crippen molar-refractivity contribution < 1.29 is 4.79 Å². The zero-order valence-corrected chi connectivity index (χ0v) is 16.9. The van der Waals surface area contributed by atoms with Crippen LogP contribution in [0.15, 0.2) is 66.0 Å². The van der Waals surface area contributed by atoms with Crippen LogP contribution in [-0.2, 0) is 0 Å². The van der Waals surface area contributed by atoms with Crippen LogP contribution in [0.3, 0.4) is 0 Å². The number of hydrogen-bond acceptors (Lipinski definition) is 3. The van der Waals surface area contributed by atoms with E-state index in [2.05, 4.69) is 24.4 Å². The van der Waals surface area contributed by atoms with Gasteiger partial charge in [-0.1, -0.05) is 42.0 Å². The molecule has 4 aromatic rings. The first-order chi connectivity index (χ1) is 13.5. The number of benzene rings is 2. The Balaban J connectivity index is 1.77. The molecule has 1 amide bonds. The molecule has 2 aromatic carbocycles. The fraction of sp³-hybridized carbons (Fsp3) is 0.130. The predicted molar refractivity (Wildman–Crippen MR) is 115 cm³/mol. The van der Waals surface area contributed by atoms with Crippen molar-refractivity contribution in [1.29, 1.82) is 0 Å². The molecule has 28 heavy (non-hydrogen) atoms. The maximum Gasteiger partial charge on any atom is 0.274 e. The third-order valence-corrected chi connectivity index (χ3v) is 5.52. The summed E-state index contributed by atoms with van der Waals surface area (Å²) in [5.74, 6) is -0.172. The Labute approximate surface area is 168 Å². The average Bonchev–Trinajstić information content (AvgIpc) is 3.34. The summed E-state index contributed by atoms with van der Waals surface area (Å²) in [4.78, 5) is 14.2. The van der Waals surface area contributed by atoms with Crippen LogP contribution in [0, 0.1) is 20.8 Å². The number of aromatic nitrogens is 2. The number of para-hydroxylation sites is 1. The predicted octanol–water partition coefficient (Wildman–Crippen LogP) is 5.78. The molecular formula is C23H21N3OS. The SMILES string of the molecule is Cc1cc(C)c(NC(=O)c2cc(-c3cccs3)nn2-c2ccccc2)c(C)c1. The molecule has 0 fully saturated rings. The van der Waals surface area contributed by atoms with Crippen molar-refractivity contribution in [3.63, 3.8) is 0 Å². The van der Waals surface area contributed by atoms with Gasteiger partial charge >= 0.3 is 0 Å². The molecule has 4 nitrogen and oxygen atoms in total. The quantitative estimate of drug-likeness (QED) is 0.482. The van der Waals surface area contributed by atoms with Crippen LogP contribution >= 0.6 is 11.3 Å². The molecule has 0 saturated heterocycles. The van der Waals surface area contributed by atoms with E-state index in [9.17, 15) is 4.79 Å². The van der Waals surface area contributed by atoms with Crippen LogP contribution in [0.2, 0.25) is 0 Å². The smallest absolute Gasteiger partial charge is 0.274 e. The molecule has 0 spiro atoms. The Morgan fingerprint density at radius 1 is 0.964 bits per heavy atom. The zero-order chi connectivity index (χ0) is 19.7. The van der Waals surface area contributed by atoms with E-state index in [-0.39, 0.29) is 5.91 Å². The second-order valence-corrected chi connectivity index (χ2v) is 7.82. The van der Waals surface area contributed by atoms with Gasteiger partial charge in [0.05, 0.1) is 10.6 Å². The van der Waals surface area contributed by atoms with Crippen molar-refractivity contribution in [3.8, 4) is 16.3 Å². The third-order valence-electron chi connectivity index (χ3n) is 4.63. The molecule has 2 aromatic heterocycles. The first-order valence-electron chi connectivity index (χ1n) is 9.11. The monoisotopic (exact) mass is 387 g/mol. The molecule has 4 rings (SSSR count). The zero-order valence-electron chi connectivity index (χ0n) is 16.1. The van der Waals surface area contributed by atoms with Gasteiger partial charge in [0.25, 0.3) is 5.91 Å². The molecule has 1 N–H and O–H groups in total. The molecule has 0 saturated carbocycles. The summed E-state index contributed by atoms with van der Waals surface area (Å²) in [6.45, 7) is 6.09. The summed E-state index contributed by atoms with van der Waals surface area (Å²) in [6.07, 6.45) is 0. The number of nitrogens with one attached hydrogen (secondary N) is 1. The molecule has 0 aliphatic carbocycles. The van der Waals surface area contributed by atoms with Crippen molar-refractivity contribution >= 4 is 22.9 Å². The van der Waals surface area contributed by atoms with E-state index in [4.69, 9.17) is 5.10 Å². The van der Waals surface area contributed by atoms with Gasteiger partial charge in [-0.05, 0) is 61.5 Å². The summed E-state index contributed by atoms with van der Waals surface area (Å²) in [6, 6.07) is 19.7. The summed E-state index contributed by atoms with van der Waals surface area (Å²) >= 11 is 1.61. The number of anilines is 1. The number of amides is 1. The number of aryl methyl sites for hydroxylation is 3. The third kappa shape index (κ3) is 3.49. The van der Waals surface area contributed by atoms with Crippen LogP contribution < -0.4 is 5.32 Å². The minimum atomic E-state index is -0.172. The second-order valence-electron chi connectivity index (χ2n) is 6.87. The van der Waals surface area contributed by atoms with Crippen molar-refractivity contribution in [2.24, 2.45) is 0 Å². The van der Waals surface area contributed by atoms with Crippen molar-refractivity contribution in [3.05, 3.63) is 88.4 Å². The van der Waals surface area contributed by atoms with Gasteiger partial charge in [-0.25, -0.2) is 4.68 Å². The van der Waals surface area contributed by atoms with E-state index >= 15 is 0 Å². The Morgan fingerprint density at radius 2 is 1.68 bits per heavy atom. The number of rotatable bonds is 4. The maximum atomic E-state index is 13.2. The molecular weight excluding hydrogens is 366 g/mol. The molecule has 5 heteroatoms. The fourth-order valence-electron chi connectivity index (χ4n) is 3.41. The largest absolute Gasteiger partial charge is 0.320 e. The van der Waals surface area contributed by atoms with Gasteiger partial charge in [0.15, 0.2) is 0 Å².